The number of carbonyl (C=O) groups excluding carboxylic acids is 2. The molecular formula is C16H20N2O2S. The number of carbonyl (C=O) groups is 2. The van der Waals surface area contributed by atoms with Crippen LogP contribution in [0.25, 0.3) is 0 Å². The predicted molar refractivity (Wildman–Crippen MR) is 82.0 cm³/mol. The summed E-state index contributed by atoms with van der Waals surface area (Å²) in [5, 5.41) is 14.1. The fraction of sp³-hybridized carbons (Fsp3) is 0.562. The van der Waals surface area contributed by atoms with Crippen LogP contribution in [-0.2, 0) is 4.79 Å². The molecule has 1 aliphatic rings. The van der Waals surface area contributed by atoms with Crippen LogP contribution in [0.3, 0.4) is 0 Å². The van der Waals surface area contributed by atoms with E-state index in [2.05, 4.69) is 18.3 Å². The van der Waals surface area contributed by atoms with E-state index < -0.39 is 5.54 Å². The Morgan fingerprint density at radius 3 is 2.95 bits per heavy atom. The molecule has 0 saturated heterocycles. The monoisotopic (exact) mass is 304 g/mol. The molecule has 1 aliphatic carbocycles. The molecule has 1 aromatic rings. The second-order valence-electron chi connectivity index (χ2n) is 5.84. The van der Waals surface area contributed by atoms with Gasteiger partial charge in [-0.2, -0.15) is 5.26 Å². The van der Waals surface area contributed by atoms with E-state index in [-0.39, 0.29) is 24.5 Å². The van der Waals surface area contributed by atoms with E-state index >= 15 is 0 Å². The van der Waals surface area contributed by atoms with Crippen molar-refractivity contribution in [1.29, 1.82) is 5.26 Å². The minimum Gasteiger partial charge on any atom is -0.338 e. The molecule has 112 valence electrons. The molecule has 0 unspecified atom stereocenters. The summed E-state index contributed by atoms with van der Waals surface area (Å²) in [6.07, 6.45) is 3.82. The van der Waals surface area contributed by atoms with Gasteiger partial charge < -0.3 is 5.32 Å². The van der Waals surface area contributed by atoms with Crippen LogP contribution < -0.4 is 5.32 Å². The maximum Gasteiger partial charge on any atom is 0.221 e. The summed E-state index contributed by atoms with van der Waals surface area (Å²) in [5.41, 5.74) is -0.735. The highest BCUT2D eigenvalue weighted by Gasteiger charge is 2.36. The molecule has 21 heavy (non-hydrogen) atoms. The molecule has 1 amide bonds. The molecule has 2 rings (SSSR count). The Morgan fingerprint density at radius 1 is 1.52 bits per heavy atom. The highest BCUT2D eigenvalue weighted by molar-refractivity contribution is 7.12. The van der Waals surface area contributed by atoms with Crippen molar-refractivity contribution >= 4 is 23.0 Å². The number of nitrogens with one attached hydrogen (secondary N) is 1. The summed E-state index contributed by atoms with van der Waals surface area (Å²) < 4.78 is 0. The standard InChI is InChI=1S/C16H20N2O2S/c1-12-4-2-8-16(10-12,11-17)18-15(20)7-6-13(19)14-5-3-9-21-14/h3,5,9,12H,2,4,6-8,10H2,1H3,(H,18,20)/t12-,16+/m0/s1. The summed E-state index contributed by atoms with van der Waals surface area (Å²) in [5.74, 6) is 0.241. The number of hydrogen-bond acceptors (Lipinski definition) is 4. The number of amides is 1. The van der Waals surface area contributed by atoms with Crippen molar-refractivity contribution in [1.82, 2.24) is 5.32 Å². The number of nitrogens with zero attached hydrogens (tertiary/aromatic N) is 1. The first kappa shape index (κ1) is 15.7. The van der Waals surface area contributed by atoms with Crippen molar-refractivity contribution in [2.45, 2.75) is 51.0 Å². The summed E-state index contributed by atoms with van der Waals surface area (Å²) in [6.45, 7) is 2.11. The highest BCUT2D eigenvalue weighted by Crippen LogP contribution is 2.31. The molecule has 1 N–H and O–H groups in total. The van der Waals surface area contributed by atoms with Crippen LogP contribution in [0.2, 0.25) is 0 Å². The predicted octanol–water partition coefficient (Wildman–Crippen LogP) is 3.30. The summed E-state index contributed by atoms with van der Waals surface area (Å²) in [7, 11) is 0. The molecule has 1 heterocycles. The molecule has 4 nitrogen and oxygen atoms in total. The first-order chi connectivity index (χ1) is 10.0. The molecule has 1 fully saturated rings. The van der Waals surface area contributed by atoms with Crippen molar-refractivity contribution < 1.29 is 9.59 Å². The van der Waals surface area contributed by atoms with Gasteiger partial charge in [-0.25, -0.2) is 0 Å². The molecule has 0 aliphatic heterocycles. The Balaban J connectivity index is 1.86. The van der Waals surface area contributed by atoms with Gasteiger partial charge in [-0.15, -0.1) is 11.3 Å². The van der Waals surface area contributed by atoms with Gasteiger partial charge in [-0.3, -0.25) is 9.59 Å². The van der Waals surface area contributed by atoms with Crippen molar-refractivity contribution in [3.8, 4) is 6.07 Å². The molecule has 0 spiro atoms. The third-order valence-electron chi connectivity index (χ3n) is 3.97. The topological polar surface area (TPSA) is 70.0 Å². The number of thiophene rings is 1. The fourth-order valence-electron chi connectivity index (χ4n) is 2.91. The highest BCUT2D eigenvalue weighted by atomic mass is 32.1. The summed E-state index contributed by atoms with van der Waals surface area (Å²) >= 11 is 1.39. The molecule has 0 aromatic carbocycles. The second-order valence-corrected chi connectivity index (χ2v) is 6.79. The Hall–Kier alpha value is -1.67. The van der Waals surface area contributed by atoms with Crippen LogP contribution in [0.5, 0.6) is 0 Å². The lowest BCUT2D eigenvalue weighted by Gasteiger charge is -2.35. The van der Waals surface area contributed by atoms with Crippen molar-refractivity contribution in [3.05, 3.63) is 22.4 Å². The van der Waals surface area contributed by atoms with E-state index in [1.54, 1.807) is 6.07 Å². The van der Waals surface area contributed by atoms with Gasteiger partial charge in [0.05, 0.1) is 10.9 Å². The van der Waals surface area contributed by atoms with Gasteiger partial charge in [0.1, 0.15) is 5.54 Å². The minimum absolute atomic E-state index is 0.0110. The number of Topliss-reactive ketones (excluding diaryl/α,β-unsaturated/α-hetero) is 1. The maximum atomic E-state index is 12.0. The van der Waals surface area contributed by atoms with E-state index in [0.717, 1.165) is 12.8 Å². The lowest BCUT2D eigenvalue weighted by molar-refractivity contribution is -0.122. The lowest BCUT2D eigenvalue weighted by Crippen LogP contribution is -2.50. The molecule has 0 radical (unpaired) electrons. The first-order valence-corrected chi connectivity index (χ1v) is 8.21. The Kier molecular flexibility index (Phi) is 5.13. The molecule has 0 bridgehead atoms. The maximum absolute atomic E-state index is 12.0. The fourth-order valence-corrected chi connectivity index (χ4v) is 3.61. The van der Waals surface area contributed by atoms with Gasteiger partial charge in [-0.05, 0) is 36.6 Å². The van der Waals surface area contributed by atoms with Crippen LogP contribution in [-0.4, -0.2) is 17.2 Å². The molecule has 2 atom stereocenters. The number of hydrogen-bond donors (Lipinski definition) is 1. The van der Waals surface area contributed by atoms with Gasteiger partial charge in [0.2, 0.25) is 5.91 Å². The van der Waals surface area contributed by atoms with E-state index in [1.165, 1.54) is 11.3 Å². The third-order valence-corrected chi connectivity index (χ3v) is 4.88. The van der Waals surface area contributed by atoms with Gasteiger partial charge in [-0.1, -0.05) is 19.4 Å². The molecular weight excluding hydrogens is 284 g/mol. The van der Waals surface area contributed by atoms with Crippen molar-refractivity contribution in [2.24, 2.45) is 5.92 Å². The van der Waals surface area contributed by atoms with Gasteiger partial charge in [0.15, 0.2) is 5.78 Å². The Bertz CT molecular complexity index is 547. The second kappa shape index (κ2) is 6.86. The zero-order chi connectivity index (χ0) is 15.3. The van der Waals surface area contributed by atoms with Crippen LogP contribution >= 0.6 is 11.3 Å². The molecule has 1 aromatic heterocycles. The zero-order valence-electron chi connectivity index (χ0n) is 12.2. The van der Waals surface area contributed by atoms with Gasteiger partial charge >= 0.3 is 0 Å². The quantitative estimate of drug-likeness (QED) is 0.848. The Morgan fingerprint density at radius 2 is 2.33 bits per heavy atom. The first-order valence-electron chi connectivity index (χ1n) is 7.34. The largest absolute Gasteiger partial charge is 0.338 e. The Labute approximate surface area is 129 Å². The average Bonchev–Trinajstić information content (AvgIpc) is 2.99. The van der Waals surface area contributed by atoms with E-state index in [0.29, 0.717) is 23.6 Å². The van der Waals surface area contributed by atoms with Crippen LogP contribution in [0.1, 0.15) is 55.1 Å². The lowest BCUT2D eigenvalue weighted by atomic mass is 9.77. The van der Waals surface area contributed by atoms with E-state index in [4.69, 9.17) is 0 Å². The molecule has 1 saturated carbocycles. The van der Waals surface area contributed by atoms with Crippen LogP contribution in [0.15, 0.2) is 17.5 Å². The summed E-state index contributed by atoms with van der Waals surface area (Å²) in [6, 6.07) is 5.87. The average molecular weight is 304 g/mol. The van der Waals surface area contributed by atoms with Crippen molar-refractivity contribution in [2.75, 3.05) is 0 Å². The number of nitriles is 1. The molecule has 5 heteroatoms. The summed E-state index contributed by atoms with van der Waals surface area (Å²) in [4.78, 5) is 24.6. The van der Waals surface area contributed by atoms with Gasteiger partial charge in [0.25, 0.3) is 0 Å². The zero-order valence-corrected chi connectivity index (χ0v) is 13.0. The smallest absolute Gasteiger partial charge is 0.221 e. The van der Waals surface area contributed by atoms with Crippen LogP contribution in [0.4, 0.5) is 0 Å². The van der Waals surface area contributed by atoms with E-state index in [1.807, 2.05) is 11.4 Å². The normalized spacial score (nSPS) is 25.0. The SMILES string of the molecule is C[C@H]1CCC[C@@](C#N)(NC(=O)CCC(=O)c2cccs2)C1. The number of rotatable bonds is 5. The van der Waals surface area contributed by atoms with Gasteiger partial charge in [0, 0.05) is 12.8 Å². The minimum atomic E-state index is -0.735. The third kappa shape index (κ3) is 4.15. The van der Waals surface area contributed by atoms with Crippen molar-refractivity contribution in [3.63, 3.8) is 0 Å². The van der Waals surface area contributed by atoms with Crippen LogP contribution in [0, 0.1) is 17.2 Å². The van der Waals surface area contributed by atoms with E-state index in [9.17, 15) is 14.9 Å². The number of ketones is 1.